The van der Waals surface area contributed by atoms with Crippen LogP contribution in [0.1, 0.15) is 49.9 Å². The average molecular weight is 1360 g/mol. The maximum atomic E-state index is 2.64. The van der Waals surface area contributed by atoms with E-state index in [1.807, 2.05) is 56.6 Å². The molecule has 6 nitrogen and oxygen atoms in total. The number of fused-ring (bicyclic) bond motifs is 6. The molecule has 0 bridgehead atoms. The van der Waals surface area contributed by atoms with E-state index in [1.54, 1.807) is 16.8 Å². The van der Waals surface area contributed by atoms with E-state index in [2.05, 4.69) is 404 Å². The van der Waals surface area contributed by atoms with Gasteiger partial charge in [0.25, 0.3) is 0 Å². The summed E-state index contributed by atoms with van der Waals surface area (Å²) in [6, 6.07) is 131. The second-order valence-electron chi connectivity index (χ2n) is 28.8. The molecule has 0 N–H and O–H groups in total. The fraction of sp³-hybridized carbons (Fsp3) is 0.143. The quantitative estimate of drug-likeness (QED) is 0.144. The van der Waals surface area contributed by atoms with Crippen molar-refractivity contribution in [2.45, 2.75) is 54.4 Å². The number of hydrogen-bond donors (Lipinski definition) is 0. The third-order valence-corrected chi connectivity index (χ3v) is 19.2. The Hall–Kier alpha value is -12.1. The Labute approximate surface area is 616 Å². The van der Waals surface area contributed by atoms with E-state index in [9.17, 15) is 0 Å². The molecule has 0 aliphatic carbocycles. The van der Waals surface area contributed by atoms with Crippen LogP contribution in [0.25, 0.3) is 55.0 Å². The minimum Gasteiger partial charge on any atom is -0.378 e. The Balaban J connectivity index is 0.000000112. The molecule has 0 fully saturated rings. The lowest BCUT2D eigenvalue weighted by Gasteiger charge is -2.48. The lowest BCUT2D eigenvalue weighted by molar-refractivity contribution is 0.289. The van der Waals surface area contributed by atoms with E-state index in [-0.39, 0.29) is 0 Å². The Morgan fingerprint density at radius 1 is 0.250 bits per heavy atom. The lowest BCUT2D eigenvalue weighted by Crippen LogP contribution is -2.48. The van der Waals surface area contributed by atoms with Crippen molar-refractivity contribution in [1.82, 2.24) is 9.13 Å². The van der Waals surface area contributed by atoms with Crippen LogP contribution in [0.2, 0.25) is 0 Å². The SMILES string of the molecule is CC1(C)Cc2cccc3c2N(C1)CC(C)(C)C3.CN(C)c1ccccc1.Cc1ccc(N(c2ccccc2)c2ccc(C)cc2)cc1.c1ccc(-n2c3ccccc3c3ccccc32)cc1.c1ccc(-n2c3ccccc3c3ccccc32)cc1.c1ccc(N(c2ccccc2)c2ccccc2)cc1. The molecular weight excluding hydrogens is 1260 g/mol. The molecule has 0 saturated heterocycles. The lowest BCUT2D eigenvalue weighted by atomic mass is 9.74. The van der Waals surface area contributed by atoms with Crippen LogP contribution in [0.5, 0.6) is 0 Å². The summed E-state index contributed by atoms with van der Waals surface area (Å²) in [5, 5.41) is 5.23. The molecule has 4 heterocycles. The van der Waals surface area contributed by atoms with Crippen LogP contribution in [0.4, 0.5) is 45.5 Å². The molecule has 104 heavy (non-hydrogen) atoms. The van der Waals surface area contributed by atoms with Crippen molar-refractivity contribution >= 4 is 89.1 Å². The predicted octanol–water partition coefficient (Wildman–Crippen LogP) is 25.9. The molecule has 18 rings (SSSR count). The van der Waals surface area contributed by atoms with Crippen LogP contribution in [0.15, 0.2) is 376 Å². The minimum atomic E-state index is 0.416. The van der Waals surface area contributed by atoms with Crippen LogP contribution in [0.3, 0.4) is 0 Å². The standard InChI is InChI=1S/C20H19N.2C18H13N.C18H15N.C16H23N.C8H11N/c1-16-8-12-19(13-9-16)21(18-6-4-3-5-7-18)20-14-10-17(2)11-15-20;2*1-2-8-14(9-3-1)19-17-12-6-4-10-15(17)16-11-5-7-13-18(16)19;1-4-10-16(11-5-1)19(17-12-6-2-7-13-17)18-14-8-3-9-15-18;1-15(2)8-12-6-5-7-13-9-16(3,4)11-17(10-15)14(12)13;1-9(2)8-6-4-3-5-7-8/h3-15H,1-2H3;2*1-13H;1-15H;5-7H,8-11H2,1-4H3;3-7H,1-2H3. The van der Waals surface area contributed by atoms with E-state index in [0.717, 1.165) is 0 Å². The van der Waals surface area contributed by atoms with Crippen molar-refractivity contribution in [3.63, 3.8) is 0 Å². The van der Waals surface area contributed by atoms with Gasteiger partial charge in [0.15, 0.2) is 0 Å². The molecule has 2 aromatic heterocycles. The molecule has 0 amide bonds. The van der Waals surface area contributed by atoms with E-state index >= 15 is 0 Å². The molecule has 16 aromatic rings. The molecule has 14 aromatic carbocycles. The molecule has 0 saturated carbocycles. The van der Waals surface area contributed by atoms with Gasteiger partial charge in [-0.15, -0.1) is 0 Å². The molecule has 0 radical (unpaired) electrons. The van der Waals surface area contributed by atoms with Gasteiger partial charge in [-0.1, -0.05) is 281 Å². The first-order valence-corrected chi connectivity index (χ1v) is 36.3. The smallest absolute Gasteiger partial charge is 0.0541 e. The summed E-state index contributed by atoms with van der Waals surface area (Å²) in [5.41, 5.74) is 23.8. The molecule has 516 valence electrons. The maximum Gasteiger partial charge on any atom is 0.0541 e. The third kappa shape index (κ3) is 16.8. The molecule has 6 heteroatoms. The van der Waals surface area contributed by atoms with Crippen LogP contribution < -0.4 is 19.6 Å². The Morgan fingerprint density at radius 3 is 0.760 bits per heavy atom. The molecule has 0 atom stereocenters. The number of rotatable bonds is 9. The highest BCUT2D eigenvalue weighted by Crippen LogP contribution is 2.45. The normalized spacial score (nSPS) is 12.8. The average Bonchev–Trinajstić information content (AvgIpc) is 1.65. The second-order valence-corrected chi connectivity index (χ2v) is 28.8. The number of anilines is 8. The van der Waals surface area contributed by atoms with E-state index < -0.39 is 0 Å². The molecule has 0 spiro atoms. The summed E-state index contributed by atoms with van der Waals surface area (Å²) >= 11 is 0. The topological polar surface area (TPSA) is 22.8 Å². The zero-order valence-corrected chi connectivity index (χ0v) is 61.3. The first kappa shape index (κ1) is 70.3. The Bertz CT molecular complexity index is 4910. The van der Waals surface area contributed by atoms with E-state index in [1.165, 1.54) is 132 Å². The van der Waals surface area contributed by atoms with Gasteiger partial charge in [-0.2, -0.15) is 0 Å². The van der Waals surface area contributed by atoms with Gasteiger partial charge in [0.2, 0.25) is 0 Å². The molecule has 2 aliphatic rings. The maximum absolute atomic E-state index is 2.64. The first-order chi connectivity index (χ1) is 50.8. The van der Waals surface area contributed by atoms with Crippen LogP contribution >= 0.6 is 0 Å². The molecule has 0 unspecified atom stereocenters. The summed E-state index contributed by atoms with van der Waals surface area (Å²) in [6.07, 6.45) is 2.46. The van der Waals surface area contributed by atoms with Crippen LogP contribution in [-0.4, -0.2) is 36.3 Å². The second kappa shape index (κ2) is 32.7. The first-order valence-electron chi connectivity index (χ1n) is 36.3. The van der Waals surface area contributed by atoms with Crippen LogP contribution in [0, 0.1) is 24.7 Å². The minimum absolute atomic E-state index is 0.416. The van der Waals surface area contributed by atoms with Crippen molar-refractivity contribution in [2.75, 3.05) is 46.8 Å². The van der Waals surface area contributed by atoms with Crippen molar-refractivity contribution in [3.8, 4) is 11.4 Å². The van der Waals surface area contributed by atoms with Gasteiger partial charge in [-0.3, -0.25) is 0 Å². The van der Waals surface area contributed by atoms with Crippen LogP contribution in [-0.2, 0) is 12.8 Å². The van der Waals surface area contributed by atoms with Gasteiger partial charge >= 0.3 is 0 Å². The number of nitrogens with zero attached hydrogens (tertiary/aromatic N) is 6. The summed E-state index contributed by atoms with van der Waals surface area (Å²) in [5.74, 6) is 0. The third-order valence-electron chi connectivity index (χ3n) is 19.2. The monoisotopic (exact) mass is 1350 g/mol. The van der Waals surface area contributed by atoms with E-state index in [4.69, 9.17) is 0 Å². The predicted molar refractivity (Wildman–Crippen MR) is 448 cm³/mol. The number of benzene rings is 14. The van der Waals surface area contributed by atoms with E-state index in [0.29, 0.717) is 10.8 Å². The fourth-order valence-corrected chi connectivity index (χ4v) is 14.6. The van der Waals surface area contributed by atoms with Gasteiger partial charge in [0, 0.05) is 106 Å². The van der Waals surface area contributed by atoms with Crippen molar-refractivity contribution in [2.24, 2.45) is 10.8 Å². The van der Waals surface area contributed by atoms with Crippen molar-refractivity contribution in [3.05, 3.63) is 398 Å². The Kier molecular flexibility index (Phi) is 22.1. The zero-order valence-electron chi connectivity index (χ0n) is 61.3. The highest BCUT2D eigenvalue weighted by atomic mass is 15.2. The van der Waals surface area contributed by atoms with Gasteiger partial charge in [-0.05, 0) is 182 Å². The van der Waals surface area contributed by atoms with Gasteiger partial charge in [-0.25, -0.2) is 0 Å². The van der Waals surface area contributed by atoms with Crippen molar-refractivity contribution in [1.29, 1.82) is 0 Å². The highest BCUT2D eigenvalue weighted by Gasteiger charge is 2.38. The molecular formula is C98H94N6. The summed E-state index contributed by atoms with van der Waals surface area (Å²) in [7, 11) is 4.07. The fourth-order valence-electron chi connectivity index (χ4n) is 14.6. The molecule has 2 aliphatic heterocycles. The summed E-state index contributed by atoms with van der Waals surface area (Å²) < 4.78 is 4.65. The van der Waals surface area contributed by atoms with Crippen molar-refractivity contribution < 1.29 is 0 Å². The number of para-hydroxylation sites is 12. The largest absolute Gasteiger partial charge is 0.378 e. The van der Waals surface area contributed by atoms with Gasteiger partial charge in [0.05, 0.1) is 22.1 Å². The van der Waals surface area contributed by atoms with Gasteiger partial charge in [0.1, 0.15) is 0 Å². The highest BCUT2D eigenvalue weighted by molar-refractivity contribution is 6.10. The summed E-state index contributed by atoms with van der Waals surface area (Å²) in [6.45, 7) is 16.2. The number of aromatic nitrogens is 2. The zero-order chi connectivity index (χ0) is 71.8. The number of aryl methyl sites for hydroxylation is 2. The van der Waals surface area contributed by atoms with Gasteiger partial charge < -0.3 is 28.7 Å². The number of hydrogen-bond acceptors (Lipinski definition) is 4. The summed E-state index contributed by atoms with van der Waals surface area (Å²) in [4.78, 5) is 9.25. The Morgan fingerprint density at radius 2 is 0.490 bits per heavy atom.